The first-order valence-electron chi connectivity index (χ1n) is 14.2. The molecule has 0 amide bonds. The molecule has 2 fully saturated rings. The fourth-order valence-electron chi connectivity index (χ4n) is 6.06. The van der Waals surface area contributed by atoms with Crippen LogP contribution >= 0.6 is 0 Å². The summed E-state index contributed by atoms with van der Waals surface area (Å²) in [6.07, 6.45) is 2.96. The molecule has 0 radical (unpaired) electrons. The van der Waals surface area contributed by atoms with Crippen molar-refractivity contribution in [2.75, 3.05) is 33.9 Å². The number of methoxy groups -OCH3 is 2. The number of carbonyl (C=O) groups excluding carboxylic acids is 2. The molecule has 8 nitrogen and oxygen atoms in total. The van der Waals surface area contributed by atoms with Crippen molar-refractivity contribution in [3.05, 3.63) is 64.8 Å². The van der Waals surface area contributed by atoms with Crippen molar-refractivity contribution in [2.24, 2.45) is 0 Å². The highest BCUT2D eigenvalue weighted by molar-refractivity contribution is 5.94. The van der Waals surface area contributed by atoms with Crippen molar-refractivity contribution >= 4 is 23.0 Å². The summed E-state index contributed by atoms with van der Waals surface area (Å²) in [4.78, 5) is 30.7. The van der Waals surface area contributed by atoms with Gasteiger partial charge in [0, 0.05) is 36.3 Å². The SMILES string of the molecule is COC(=O)c1ccc([C@@H]2CC(N3CCC3)CCN2Cc2cc3cc(OC)cc(C)c3n2C(=O)OC(C)(C)C)cc1. The first kappa shape index (κ1) is 28.2. The molecule has 0 saturated carbocycles. The normalized spacial score (nSPS) is 20.2. The molecule has 0 N–H and O–H groups in total. The Bertz CT molecular complexity index is 1380. The van der Waals surface area contributed by atoms with Crippen molar-refractivity contribution in [2.45, 2.75) is 71.2 Å². The minimum atomic E-state index is -0.620. The van der Waals surface area contributed by atoms with Crippen molar-refractivity contribution in [1.29, 1.82) is 0 Å². The minimum Gasteiger partial charge on any atom is -0.497 e. The Hall–Kier alpha value is -3.36. The molecule has 1 unspecified atom stereocenters. The van der Waals surface area contributed by atoms with Crippen LogP contribution in [0.2, 0.25) is 0 Å². The van der Waals surface area contributed by atoms with E-state index in [1.54, 1.807) is 11.7 Å². The van der Waals surface area contributed by atoms with Gasteiger partial charge in [-0.2, -0.15) is 0 Å². The molecule has 2 atom stereocenters. The van der Waals surface area contributed by atoms with E-state index in [0.717, 1.165) is 65.9 Å². The molecule has 5 rings (SSSR count). The number of hydrogen-bond acceptors (Lipinski definition) is 7. The fourth-order valence-corrected chi connectivity index (χ4v) is 6.06. The number of aromatic nitrogens is 1. The van der Waals surface area contributed by atoms with Crippen LogP contribution in [0, 0.1) is 6.92 Å². The minimum absolute atomic E-state index is 0.145. The molecule has 0 aliphatic carbocycles. The lowest BCUT2D eigenvalue weighted by Crippen LogP contribution is -2.51. The standard InChI is InChI=1S/C32H41N3O5/c1-21-16-27(38-5)18-24-17-26(35(29(21)24)31(37)40-32(2,3)4)20-34-15-12-25(33-13-7-14-33)19-28(34)22-8-10-23(11-9-22)30(36)39-6/h8-11,16-18,25,28H,7,12-15,19-20H2,1-6H3/t25?,28-/m0/s1. The maximum atomic E-state index is 13.6. The molecule has 3 aromatic rings. The van der Waals surface area contributed by atoms with Crippen LogP contribution in [0.1, 0.15) is 73.3 Å². The second kappa shape index (κ2) is 11.3. The van der Waals surface area contributed by atoms with Gasteiger partial charge < -0.3 is 19.1 Å². The van der Waals surface area contributed by atoms with Crippen LogP contribution in [0.4, 0.5) is 4.79 Å². The van der Waals surface area contributed by atoms with Gasteiger partial charge in [0.05, 0.1) is 25.3 Å². The number of aryl methyl sites for hydroxylation is 1. The van der Waals surface area contributed by atoms with Crippen LogP contribution in [0.3, 0.4) is 0 Å². The lowest BCUT2D eigenvalue weighted by Gasteiger charge is -2.46. The summed E-state index contributed by atoms with van der Waals surface area (Å²) in [5.41, 5.74) is 3.78. The van der Waals surface area contributed by atoms with Crippen LogP contribution in [-0.4, -0.2) is 71.9 Å². The average molecular weight is 548 g/mol. The highest BCUT2D eigenvalue weighted by Gasteiger charge is 2.35. The number of carbonyl (C=O) groups is 2. The molecule has 2 aliphatic heterocycles. The highest BCUT2D eigenvalue weighted by atomic mass is 16.6. The molecule has 0 spiro atoms. The lowest BCUT2D eigenvalue weighted by atomic mass is 9.89. The first-order chi connectivity index (χ1) is 19.1. The molecule has 214 valence electrons. The van der Waals surface area contributed by atoms with Gasteiger partial charge in [0.2, 0.25) is 0 Å². The predicted octanol–water partition coefficient (Wildman–Crippen LogP) is 5.94. The second-order valence-electron chi connectivity index (χ2n) is 12.0. The van der Waals surface area contributed by atoms with E-state index in [1.807, 2.05) is 64.1 Å². The zero-order valence-corrected chi connectivity index (χ0v) is 24.5. The molecule has 2 aromatic carbocycles. The van der Waals surface area contributed by atoms with E-state index in [9.17, 15) is 9.59 Å². The molecule has 8 heteroatoms. The van der Waals surface area contributed by atoms with Gasteiger partial charge in [-0.3, -0.25) is 4.90 Å². The van der Waals surface area contributed by atoms with Crippen molar-refractivity contribution < 1.29 is 23.8 Å². The summed E-state index contributed by atoms with van der Waals surface area (Å²) in [5.74, 6) is 0.426. The van der Waals surface area contributed by atoms with Gasteiger partial charge in [-0.25, -0.2) is 14.2 Å². The van der Waals surface area contributed by atoms with Gasteiger partial charge in [0.25, 0.3) is 0 Å². The predicted molar refractivity (Wildman–Crippen MR) is 155 cm³/mol. The van der Waals surface area contributed by atoms with Crippen LogP contribution in [0.25, 0.3) is 10.9 Å². The summed E-state index contributed by atoms with van der Waals surface area (Å²) in [7, 11) is 3.06. The van der Waals surface area contributed by atoms with Gasteiger partial charge in [0.15, 0.2) is 0 Å². The summed E-state index contributed by atoms with van der Waals surface area (Å²) in [6.45, 7) is 11.5. The Balaban J connectivity index is 1.52. The molecule has 2 aliphatic rings. The zero-order valence-electron chi connectivity index (χ0n) is 24.5. The van der Waals surface area contributed by atoms with E-state index in [4.69, 9.17) is 14.2 Å². The number of rotatable bonds is 6. The second-order valence-corrected chi connectivity index (χ2v) is 12.0. The maximum absolute atomic E-state index is 13.6. The third kappa shape index (κ3) is 5.74. The Morgan fingerprint density at radius 2 is 1.73 bits per heavy atom. The fraction of sp³-hybridized carbons (Fsp3) is 0.500. The quantitative estimate of drug-likeness (QED) is 0.354. The maximum Gasteiger partial charge on any atom is 0.419 e. The molecule has 3 heterocycles. The first-order valence-corrected chi connectivity index (χ1v) is 14.2. The van der Waals surface area contributed by atoms with Gasteiger partial charge in [0.1, 0.15) is 11.4 Å². The van der Waals surface area contributed by atoms with E-state index in [-0.39, 0.29) is 18.1 Å². The molecule has 40 heavy (non-hydrogen) atoms. The van der Waals surface area contributed by atoms with E-state index in [2.05, 4.69) is 15.9 Å². The zero-order chi connectivity index (χ0) is 28.6. The Morgan fingerprint density at radius 3 is 2.33 bits per heavy atom. The van der Waals surface area contributed by atoms with E-state index < -0.39 is 5.60 Å². The van der Waals surface area contributed by atoms with Gasteiger partial charge in [-0.1, -0.05) is 12.1 Å². The molecule has 0 bridgehead atoms. The van der Waals surface area contributed by atoms with E-state index >= 15 is 0 Å². The van der Waals surface area contributed by atoms with E-state index in [1.165, 1.54) is 13.5 Å². The number of benzene rings is 2. The van der Waals surface area contributed by atoms with Crippen LogP contribution < -0.4 is 4.74 Å². The van der Waals surface area contributed by atoms with Crippen molar-refractivity contribution in [3.63, 3.8) is 0 Å². The largest absolute Gasteiger partial charge is 0.497 e. The van der Waals surface area contributed by atoms with Gasteiger partial charge in [-0.15, -0.1) is 0 Å². The summed E-state index contributed by atoms with van der Waals surface area (Å²) in [6, 6.07) is 14.5. The molecular formula is C32H41N3O5. The average Bonchev–Trinajstić information content (AvgIpc) is 3.25. The highest BCUT2D eigenvalue weighted by Crippen LogP contribution is 2.37. The van der Waals surface area contributed by atoms with E-state index in [0.29, 0.717) is 18.2 Å². The third-order valence-corrected chi connectivity index (χ3v) is 8.12. The smallest absolute Gasteiger partial charge is 0.419 e. The van der Waals surface area contributed by atoms with Crippen molar-refractivity contribution in [3.8, 4) is 5.75 Å². The summed E-state index contributed by atoms with van der Waals surface area (Å²) >= 11 is 0. The Morgan fingerprint density at radius 1 is 1.00 bits per heavy atom. The number of nitrogens with zero attached hydrogens (tertiary/aromatic N) is 3. The molecule has 2 saturated heterocycles. The van der Waals surface area contributed by atoms with Crippen LogP contribution in [0.5, 0.6) is 5.75 Å². The number of fused-ring (bicyclic) bond motifs is 1. The topological polar surface area (TPSA) is 73.2 Å². The number of piperidine rings is 1. The van der Waals surface area contributed by atoms with Crippen LogP contribution in [-0.2, 0) is 16.0 Å². The van der Waals surface area contributed by atoms with Gasteiger partial charge >= 0.3 is 12.1 Å². The van der Waals surface area contributed by atoms with Crippen molar-refractivity contribution in [1.82, 2.24) is 14.4 Å². The molecular weight excluding hydrogens is 506 g/mol. The Kier molecular flexibility index (Phi) is 7.93. The lowest BCUT2D eigenvalue weighted by molar-refractivity contribution is 0.0275. The summed E-state index contributed by atoms with van der Waals surface area (Å²) in [5, 5.41) is 0.951. The number of likely N-dealkylation sites (tertiary alicyclic amines) is 2. The number of esters is 1. The number of hydrogen-bond donors (Lipinski definition) is 0. The summed E-state index contributed by atoms with van der Waals surface area (Å²) < 4.78 is 18.1. The molecule has 1 aromatic heterocycles. The van der Waals surface area contributed by atoms with Crippen LogP contribution in [0.15, 0.2) is 42.5 Å². The third-order valence-electron chi connectivity index (χ3n) is 8.12. The number of ether oxygens (including phenoxy) is 3. The van der Waals surface area contributed by atoms with Gasteiger partial charge in [-0.05, 0) is 102 Å². The monoisotopic (exact) mass is 547 g/mol. The Labute approximate surface area is 236 Å².